The second kappa shape index (κ2) is 6.31. The molecule has 4 heteroatoms. The highest BCUT2D eigenvalue weighted by Gasteiger charge is 2.07. The number of rotatable bonds is 4. The molecule has 2 rings (SSSR count). The van der Waals surface area contributed by atoms with Crippen molar-refractivity contribution in [2.45, 2.75) is 6.42 Å². The number of carbonyl (C=O) groups excluding carboxylic acids is 1. The smallest absolute Gasteiger partial charge is 0.252 e. The molecule has 2 aromatic rings. The molecular weight excluding hydrogens is 292 g/mol. The number of aromatic nitrogens is 1. The molecule has 18 heavy (non-hydrogen) atoms. The quantitative estimate of drug-likeness (QED) is 0.944. The van der Waals surface area contributed by atoms with Gasteiger partial charge in [-0.2, -0.15) is 0 Å². The number of nitrogens with zero attached hydrogens (tertiary/aromatic N) is 1. The summed E-state index contributed by atoms with van der Waals surface area (Å²) in [6, 6.07) is 13.1. The molecule has 0 saturated heterocycles. The molecule has 1 aromatic heterocycles. The summed E-state index contributed by atoms with van der Waals surface area (Å²) in [7, 11) is 0. The lowest BCUT2D eigenvalue weighted by Gasteiger charge is -2.06. The van der Waals surface area contributed by atoms with Crippen LogP contribution in [0.4, 0.5) is 0 Å². The summed E-state index contributed by atoms with van der Waals surface area (Å²) in [6.45, 7) is 0.581. The number of hydrogen-bond donors (Lipinski definition) is 1. The van der Waals surface area contributed by atoms with E-state index in [0.717, 1.165) is 16.6 Å². The molecule has 0 spiro atoms. The van der Waals surface area contributed by atoms with E-state index in [4.69, 9.17) is 0 Å². The summed E-state index contributed by atoms with van der Waals surface area (Å²) in [5.41, 5.74) is 1.63. The van der Waals surface area contributed by atoms with Gasteiger partial charge in [-0.05, 0) is 40.2 Å². The maximum absolute atomic E-state index is 11.9. The molecule has 1 N–H and O–H groups in total. The number of nitrogens with one attached hydrogen (secondary N) is 1. The van der Waals surface area contributed by atoms with Crippen molar-refractivity contribution in [3.8, 4) is 0 Å². The molecule has 1 amide bonds. The minimum Gasteiger partial charge on any atom is -0.352 e. The molecular formula is C14H13BrN2O. The average Bonchev–Trinajstić information content (AvgIpc) is 2.40. The maximum Gasteiger partial charge on any atom is 0.252 e. The van der Waals surface area contributed by atoms with Crippen LogP contribution in [0.25, 0.3) is 0 Å². The van der Waals surface area contributed by atoms with Crippen molar-refractivity contribution >= 4 is 21.8 Å². The first kappa shape index (κ1) is 12.8. The highest BCUT2D eigenvalue weighted by atomic mass is 79.9. The molecule has 0 aliphatic carbocycles. The van der Waals surface area contributed by atoms with Crippen LogP contribution in [0.5, 0.6) is 0 Å². The Morgan fingerprint density at radius 3 is 2.67 bits per heavy atom. The first-order chi connectivity index (χ1) is 8.77. The first-order valence-electron chi connectivity index (χ1n) is 5.70. The van der Waals surface area contributed by atoms with Crippen molar-refractivity contribution in [2.75, 3.05) is 6.54 Å². The van der Waals surface area contributed by atoms with Gasteiger partial charge in [-0.15, -0.1) is 0 Å². The van der Waals surface area contributed by atoms with E-state index in [2.05, 4.69) is 26.2 Å². The van der Waals surface area contributed by atoms with Crippen LogP contribution < -0.4 is 5.32 Å². The first-order valence-corrected chi connectivity index (χ1v) is 6.49. The van der Waals surface area contributed by atoms with Crippen molar-refractivity contribution in [3.05, 3.63) is 64.4 Å². The lowest BCUT2D eigenvalue weighted by atomic mass is 10.2. The van der Waals surface area contributed by atoms with Gasteiger partial charge in [0, 0.05) is 29.3 Å². The lowest BCUT2D eigenvalue weighted by molar-refractivity contribution is 0.0953. The third-order valence-electron chi connectivity index (χ3n) is 2.51. The van der Waals surface area contributed by atoms with Gasteiger partial charge >= 0.3 is 0 Å². The van der Waals surface area contributed by atoms with E-state index in [-0.39, 0.29) is 5.91 Å². The predicted molar refractivity (Wildman–Crippen MR) is 74.4 cm³/mol. The third-order valence-corrected chi connectivity index (χ3v) is 3.20. The second-order valence-electron chi connectivity index (χ2n) is 3.81. The molecule has 0 aliphatic rings. The molecule has 0 atom stereocenters. The number of carbonyl (C=O) groups is 1. The van der Waals surface area contributed by atoms with Gasteiger partial charge in [0.25, 0.3) is 5.91 Å². The number of benzene rings is 1. The molecule has 1 heterocycles. The fraction of sp³-hybridized carbons (Fsp3) is 0.143. The Labute approximate surface area is 114 Å². The van der Waals surface area contributed by atoms with Gasteiger partial charge in [-0.25, -0.2) is 0 Å². The molecule has 0 unspecified atom stereocenters. The fourth-order valence-corrected chi connectivity index (χ4v) is 2.06. The predicted octanol–water partition coefficient (Wildman–Crippen LogP) is 2.82. The third kappa shape index (κ3) is 3.40. The lowest BCUT2D eigenvalue weighted by Crippen LogP contribution is -2.26. The normalized spacial score (nSPS) is 10.1. The highest BCUT2D eigenvalue weighted by molar-refractivity contribution is 9.10. The maximum atomic E-state index is 11.9. The van der Waals surface area contributed by atoms with Crippen molar-refractivity contribution in [1.82, 2.24) is 10.3 Å². The van der Waals surface area contributed by atoms with E-state index < -0.39 is 0 Å². The minimum atomic E-state index is -0.0709. The van der Waals surface area contributed by atoms with Gasteiger partial charge in [0.05, 0.1) is 5.56 Å². The SMILES string of the molecule is O=C(NCCc1ccccn1)c1ccccc1Br. The van der Waals surface area contributed by atoms with Gasteiger partial charge in [-0.3, -0.25) is 9.78 Å². The van der Waals surface area contributed by atoms with Crippen molar-refractivity contribution < 1.29 is 4.79 Å². The summed E-state index contributed by atoms with van der Waals surface area (Å²) in [5, 5.41) is 2.88. The zero-order valence-electron chi connectivity index (χ0n) is 9.77. The largest absolute Gasteiger partial charge is 0.352 e. The highest BCUT2D eigenvalue weighted by Crippen LogP contribution is 2.15. The summed E-state index contributed by atoms with van der Waals surface area (Å²) in [6.07, 6.45) is 2.49. The van der Waals surface area contributed by atoms with Gasteiger partial charge in [-0.1, -0.05) is 18.2 Å². The van der Waals surface area contributed by atoms with Crippen LogP contribution in [0.3, 0.4) is 0 Å². The summed E-state index contributed by atoms with van der Waals surface area (Å²) < 4.78 is 0.806. The zero-order chi connectivity index (χ0) is 12.8. The van der Waals surface area contributed by atoms with Crippen LogP contribution in [0.2, 0.25) is 0 Å². The molecule has 1 aromatic carbocycles. The van der Waals surface area contributed by atoms with Crippen LogP contribution in [-0.4, -0.2) is 17.4 Å². The zero-order valence-corrected chi connectivity index (χ0v) is 11.4. The van der Waals surface area contributed by atoms with Crippen LogP contribution in [0, 0.1) is 0 Å². The molecule has 0 saturated carbocycles. The Bertz CT molecular complexity index is 528. The van der Waals surface area contributed by atoms with Gasteiger partial charge in [0.15, 0.2) is 0 Å². The van der Waals surface area contributed by atoms with E-state index in [0.29, 0.717) is 12.1 Å². The van der Waals surface area contributed by atoms with Crippen molar-refractivity contribution in [3.63, 3.8) is 0 Å². The Kier molecular flexibility index (Phi) is 4.47. The van der Waals surface area contributed by atoms with Gasteiger partial charge in [0.1, 0.15) is 0 Å². The molecule has 0 radical (unpaired) electrons. The second-order valence-corrected chi connectivity index (χ2v) is 4.66. The van der Waals surface area contributed by atoms with E-state index in [9.17, 15) is 4.79 Å². The number of pyridine rings is 1. The molecule has 92 valence electrons. The van der Waals surface area contributed by atoms with Gasteiger partial charge in [0.2, 0.25) is 0 Å². The van der Waals surface area contributed by atoms with E-state index in [1.165, 1.54) is 0 Å². The van der Waals surface area contributed by atoms with Crippen LogP contribution in [0.15, 0.2) is 53.1 Å². The number of halogens is 1. The summed E-state index contributed by atoms with van der Waals surface area (Å²) in [4.78, 5) is 16.1. The van der Waals surface area contributed by atoms with E-state index in [1.54, 1.807) is 12.3 Å². The molecule has 0 aliphatic heterocycles. The monoisotopic (exact) mass is 304 g/mol. The van der Waals surface area contributed by atoms with Crippen LogP contribution in [0.1, 0.15) is 16.1 Å². The fourth-order valence-electron chi connectivity index (χ4n) is 1.59. The molecule has 3 nitrogen and oxygen atoms in total. The molecule has 0 bridgehead atoms. The van der Waals surface area contributed by atoms with Crippen LogP contribution >= 0.6 is 15.9 Å². The summed E-state index contributed by atoms with van der Waals surface area (Å²) in [5.74, 6) is -0.0709. The minimum absolute atomic E-state index is 0.0709. The van der Waals surface area contributed by atoms with Crippen molar-refractivity contribution in [2.24, 2.45) is 0 Å². The number of hydrogen-bond acceptors (Lipinski definition) is 2. The molecule has 0 fully saturated rings. The van der Waals surface area contributed by atoms with Crippen LogP contribution in [-0.2, 0) is 6.42 Å². The number of amides is 1. The van der Waals surface area contributed by atoms with Crippen molar-refractivity contribution in [1.29, 1.82) is 0 Å². The Morgan fingerprint density at radius 1 is 1.17 bits per heavy atom. The summed E-state index contributed by atoms with van der Waals surface area (Å²) >= 11 is 3.36. The Morgan fingerprint density at radius 2 is 1.94 bits per heavy atom. The standard InChI is InChI=1S/C14H13BrN2O/c15-13-7-2-1-6-12(13)14(18)17-10-8-11-5-3-4-9-16-11/h1-7,9H,8,10H2,(H,17,18). The van der Waals surface area contributed by atoms with E-state index in [1.807, 2.05) is 36.4 Å². The Hall–Kier alpha value is -1.68. The van der Waals surface area contributed by atoms with Gasteiger partial charge < -0.3 is 5.32 Å². The topological polar surface area (TPSA) is 42.0 Å². The Balaban J connectivity index is 1.88. The van der Waals surface area contributed by atoms with E-state index >= 15 is 0 Å². The average molecular weight is 305 g/mol.